The third-order valence-electron chi connectivity index (χ3n) is 2.47. The van der Waals surface area contributed by atoms with Crippen LogP contribution in [0.2, 0.25) is 0 Å². The number of halogens is 1. The van der Waals surface area contributed by atoms with E-state index in [1.165, 1.54) is 32.2 Å². The van der Waals surface area contributed by atoms with E-state index in [0.717, 1.165) is 17.3 Å². The van der Waals surface area contributed by atoms with Gasteiger partial charge in [-0.05, 0) is 19.3 Å². The second-order valence-corrected chi connectivity index (χ2v) is 5.30. The van der Waals surface area contributed by atoms with Gasteiger partial charge in [0.25, 0.3) is 0 Å². The minimum Gasteiger partial charge on any atom is -1.00 e. The Bertz CT molecular complexity index is 193. The van der Waals surface area contributed by atoms with Crippen LogP contribution in [0.5, 0.6) is 0 Å². The Morgan fingerprint density at radius 3 is 1.94 bits per heavy atom. The highest BCUT2D eigenvalue weighted by atomic mass is 35.5. The number of amides is 1. The molecule has 0 heterocycles. The number of hydrogen-bond donors (Lipinski definition) is 1. The molecule has 0 aromatic heterocycles. The molecule has 0 spiro atoms. The smallest absolute Gasteiger partial charge is 0.404 e. The van der Waals surface area contributed by atoms with Gasteiger partial charge in [0, 0.05) is 0 Å². The first-order valence-corrected chi connectivity index (χ1v) is 6.14. The quantitative estimate of drug-likeness (QED) is 0.436. The number of ether oxygens (including phenoxy) is 1. The number of carbonyl (C=O) groups excluding carboxylic acids is 1. The summed E-state index contributed by atoms with van der Waals surface area (Å²) in [7, 11) is 6.67. The second-order valence-electron chi connectivity index (χ2n) is 5.30. The average molecular weight is 267 g/mol. The zero-order valence-electron chi connectivity index (χ0n) is 11.4. The normalized spacial score (nSPS) is 10.8. The third-order valence-corrected chi connectivity index (χ3v) is 2.47. The minimum atomic E-state index is -0.664. The van der Waals surface area contributed by atoms with Gasteiger partial charge in [0.1, 0.15) is 0 Å². The van der Waals surface area contributed by atoms with E-state index in [1.54, 1.807) is 0 Å². The topological polar surface area (TPSA) is 52.3 Å². The number of nitrogens with zero attached hydrogens (tertiary/aromatic N) is 1. The Balaban J connectivity index is 0. The summed E-state index contributed by atoms with van der Waals surface area (Å²) in [6, 6.07) is 0. The van der Waals surface area contributed by atoms with Crippen LogP contribution in [0.3, 0.4) is 0 Å². The molecule has 0 aliphatic carbocycles. The predicted molar refractivity (Wildman–Crippen MR) is 66.1 cm³/mol. The largest absolute Gasteiger partial charge is 1.00 e. The lowest BCUT2D eigenvalue weighted by atomic mass is 10.1. The van der Waals surface area contributed by atoms with Crippen LogP contribution in [0, 0.1) is 0 Å². The predicted octanol–water partition coefficient (Wildman–Crippen LogP) is -0.867. The molecule has 0 atom stereocenters. The van der Waals surface area contributed by atoms with E-state index >= 15 is 0 Å². The zero-order valence-corrected chi connectivity index (χ0v) is 12.1. The van der Waals surface area contributed by atoms with E-state index in [4.69, 9.17) is 5.73 Å². The SMILES string of the molecule is C[N+](C)(C)CCCCCCCCOC(N)=O.[Cl-]. The summed E-state index contributed by atoms with van der Waals surface area (Å²) in [5, 5.41) is 0. The van der Waals surface area contributed by atoms with E-state index in [1.807, 2.05) is 0 Å². The molecule has 0 aromatic rings. The molecule has 17 heavy (non-hydrogen) atoms. The van der Waals surface area contributed by atoms with Gasteiger partial charge in [0.2, 0.25) is 0 Å². The van der Waals surface area contributed by atoms with Crippen LogP contribution in [-0.4, -0.2) is 44.9 Å². The van der Waals surface area contributed by atoms with Gasteiger partial charge in [0.05, 0.1) is 34.3 Å². The first kappa shape index (κ1) is 18.9. The number of rotatable bonds is 9. The van der Waals surface area contributed by atoms with Crippen molar-refractivity contribution < 1.29 is 26.4 Å². The van der Waals surface area contributed by atoms with Crippen LogP contribution in [0.25, 0.3) is 0 Å². The fraction of sp³-hybridized carbons (Fsp3) is 0.917. The van der Waals surface area contributed by atoms with Crippen molar-refractivity contribution in [3.8, 4) is 0 Å². The molecule has 0 radical (unpaired) electrons. The molecule has 2 N–H and O–H groups in total. The molecular weight excluding hydrogens is 240 g/mol. The zero-order chi connectivity index (χ0) is 12.4. The maximum atomic E-state index is 10.3. The van der Waals surface area contributed by atoms with Crippen molar-refractivity contribution in [3.63, 3.8) is 0 Å². The van der Waals surface area contributed by atoms with Crippen molar-refractivity contribution in [1.82, 2.24) is 0 Å². The summed E-state index contributed by atoms with van der Waals surface area (Å²) in [5.74, 6) is 0. The Labute approximate surface area is 111 Å². The van der Waals surface area contributed by atoms with Crippen molar-refractivity contribution in [2.24, 2.45) is 5.73 Å². The Kier molecular flexibility index (Phi) is 11.8. The summed E-state index contributed by atoms with van der Waals surface area (Å²) < 4.78 is 5.70. The maximum Gasteiger partial charge on any atom is 0.404 e. The number of primary amides is 1. The van der Waals surface area contributed by atoms with E-state index in [9.17, 15) is 4.79 Å². The van der Waals surface area contributed by atoms with Crippen LogP contribution in [0.4, 0.5) is 4.79 Å². The Morgan fingerprint density at radius 1 is 1.00 bits per heavy atom. The van der Waals surface area contributed by atoms with Crippen molar-refractivity contribution in [2.45, 2.75) is 38.5 Å². The molecule has 0 saturated heterocycles. The summed E-state index contributed by atoms with van der Waals surface area (Å²) in [6.07, 6.45) is 6.47. The van der Waals surface area contributed by atoms with Crippen molar-refractivity contribution in [1.29, 1.82) is 0 Å². The van der Waals surface area contributed by atoms with Gasteiger partial charge in [0.15, 0.2) is 0 Å². The van der Waals surface area contributed by atoms with E-state index in [-0.39, 0.29) is 12.4 Å². The van der Waals surface area contributed by atoms with Gasteiger partial charge in [-0.2, -0.15) is 0 Å². The molecule has 0 bridgehead atoms. The lowest BCUT2D eigenvalue weighted by Gasteiger charge is -2.23. The average Bonchev–Trinajstić information content (AvgIpc) is 2.13. The molecule has 4 nitrogen and oxygen atoms in total. The number of nitrogens with two attached hydrogens (primary N) is 1. The third kappa shape index (κ3) is 18.1. The molecule has 0 aliphatic rings. The monoisotopic (exact) mass is 266 g/mol. The second kappa shape index (κ2) is 10.7. The maximum absolute atomic E-state index is 10.3. The highest BCUT2D eigenvalue weighted by molar-refractivity contribution is 5.64. The van der Waals surface area contributed by atoms with Crippen LogP contribution >= 0.6 is 0 Å². The van der Waals surface area contributed by atoms with E-state index < -0.39 is 6.09 Å². The lowest BCUT2D eigenvalue weighted by molar-refractivity contribution is -0.870. The van der Waals surface area contributed by atoms with E-state index in [0.29, 0.717) is 6.61 Å². The van der Waals surface area contributed by atoms with Crippen molar-refractivity contribution >= 4 is 6.09 Å². The summed E-state index contributed by atoms with van der Waals surface area (Å²) in [4.78, 5) is 10.3. The molecule has 5 heteroatoms. The standard InChI is InChI=1S/C12H26N2O2.ClH/c1-14(2,3)10-8-6-4-5-7-9-11-16-12(13)15;/h4-11H2,1-3H3,(H-,13,15);1H. The van der Waals surface area contributed by atoms with Gasteiger partial charge < -0.3 is 27.4 Å². The number of hydrogen-bond acceptors (Lipinski definition) is 2. The molecule has 0 unspecified atom stereocenters. The molecule has 0 rings (SSSR count). The number of carbonyl (C=O) groups is 1. The molecular formula is C12H27ClN2O2. The number of unbranched alkanes of at least 4 members (excludes halogenated alkanes) is 5. The van der Waals surface area contributed by atoms with E-state index in [2.05, 4.69) is 25.9 Å². The highest BCUT2D eigenvalue weighted by Crippen LogP contribution is 2.07. The van der Waals surface area contributed by atoms with Crippen LogP contribution in [-0.2, 0) is 4.74 Å². The van der Waals surface area contributed by atoms with Crippen molar-refractivity contribution in [3.05, 3.63) is 0 Å². The first-order chi connectivity index (χ1) is 7.42. The van der Waals surface area contributed by atoms with Gasteiger partial charge in [-0.1, -0.05) is 19.3 Å². The lowest BCUT2D eigenvalue weighted by Crippen LogP contribution is -3.00. The highest BCUT2D eigenvalue weighted by Gasteiger charge is 2.04. The fourth-order valence-electron chi connectivity index (χ4n) is 1.57. The molecule has 0 saturated carbocycles. The summed E-state index contributed by atoms with van der Waals surface area (Å²) in [5.41, 5.74) is 4.85. The van der Waals surface area contributed by atoms with Gasteiger partial charge >= 0.3 is 6.09 Å². The van der Waals surface area contributed by atoms with Crippen LogP contribution < -0.4 is 18.1 Å². The van der Waals surface area contributed by atoms with Crippen LogP contribution in [0.1, 0.15) is 38.5 Å². The molecule has 104 valence electrons. The van der Waals surface area contributed by atoms with Crippen molar-refractivity contribution in [2.75, 3.05) is 34.3 Å². The molecule has 0 aliphatic heterocycles. The molecule has 1 amide bonds. The summed E-state index contributed by atoms with van der Waals surface area (Å²) in [6.45, 7) is 1.71. The Hall–Kier alpha value is -0.480. The first-order valence-electron chi connectivity index (χ1n) is 6.14. The number of quaternary nitrogens is 1. The van der Waals surface area contributed by atoms with Gasteiger partial charge in [-0.25, -0.2) is 4.79 Å². The van der Waals surface area contributed by atoms with Gasteiger partial charge in [-0.3, -0.25) is 0 Å². The fourth-order valence-corrected chi connectivity index (χ4v) is 1.57. The van der Waals surface area contributed by atoms with Gasteiger partial charge in [-0.15, -0.1) is 0 Å². The molecule has 0 aromatic carbocycles. The van der Waals surface area contributed by atoms with Crippen LogP contribution in [0.15, 0.2) is 0 Å². The Morgan fingerprint density at radius 2 is 1.47 bits per heavy atom. The minimum absolute atomic E-state index is 0. The molecule has 0 fully saturated rings. The summed E-state index contributed by atoms with van der Waals surface area (Å²) >= 11 is 0.